The molecule has 0 bridgehead atoms. The molecule has 0 saturated heterocycles. The third-order valence-electron chi connectivity index (χ3n) is 4.84. The molecule has 3 aliphatic rings. The fourth-order valence-electron chi connectivity index (χ4n) is 3.31. The summed E-state index contributed by atoms with van der Waals surface area (Å²) in [5.41, 5.74) is 2.77. The Morgan fingerprint density at radius 2 is 2.07 bits per heavy atom. The molecule has 1 aromatic rings. The molecule has 1 aliphatic carbocycles. The van der Waals surface area contributed by atoms with Crippen LogP contribution < -0.4 is 10.7 Å². The van der Waals surface area contributed by atoms with Crippen molar-refractivity contribution in [3.63, 3.8) is 0 Å². The van der Waals surface area contributed by atoms with Gasteiger partial charge in [0, 0.05) is 11.8 Å². The fraction of sp³-hybridized carbons (Fsp3) is 0.333. The Bertz CT molecular complexity index is 947. The van der Waals surface area contributed by atoms with Crippen molar-refractivity contribution in [2.45, 2.75) is 31.5 Å². The van der Waals surface area contributed by atoms with E-state index in [1.807, 2.05) is 0 Å². The van der Waals surface area contributed by atoms with Gasteiger partial charge in [0.2, 0.25) is 0 Å². The number of nitriles is 1. The molecule has 1 saturated carbocycles. The first-order valence-corrected chi connectivity index (χ1v) is 8.33. The Balaban J connectivity index is 1.64. The van der Waals surface area contributed by atoms with E-state index in [0.29, 0.717) is 47.9 Å². The van der Waals surface area contributed by atoms with Crippen molar-refractivity contribution in [2.75, 3.05) is 6.54 Å². The van der Waals surface area contributed by atoms with Gasteiger partial charge in [0.15, 0.2) is 5.82 Å². The molecule has 5 nitrogen and oxygen atoms in total. The Morgan fingerprint density at radius 1 is 1.33 bits per heavy atom. The van der Waals surface area contributed by atoms with Crippen LogP contribution in [0.5, 0.6) is 0 Å². The van der Waals surface area contributed by atoms with E-state index in [1.54, 1.807) is 18.0 Å². The molecule has 0 unspecified atom stereocenters. The number of nitrogens with one attached hydrogen (secondary N) is 2. The Kier molecular flexibility index (Phi) is 3.78. The molecule has 2 N–H and O–H groups in total. The summed E-state index contributed by atoms with van der Waals surface area (Å²) in [5, 5.41) is 14.2. The summed E-state index contributed by atoms with van der Waals surface area (Å²) in [7, 11) is 0. The SMILES string of the molecule is CC1=NC2=C(C#N)CNN2C(NC2(c3ccc(C(F)(F)F)c(F)c3)CC2)=C1. The van der Waals surface area contributed by atoms with Crippen molar-refractivity contribution in [1.29, 1.82) is 5.26 Å². The zero-order chi connectivity index (χ0) is 19.4. The minimum absolute atomic E-state index is 0.337. The molecule has 0 radical (unpaired) electrons. The van der Waals surface area contributed by atoms with E-state index in [1.165, 1.54) is 6.07 Å². The van der Waals surface area contributed by atoms with E-state index in [-0.39, 0.29) is 0 Å². The molecular formula is C18H15F4N5. The van der Waals surface area contributed by atoms with Crippen LogP contribution in [0.15, 0.2) is 46.5 Å². The van der Waals surface area contributed by atoms with E-state index in [4.69, 9.17) is 0 Å². The van der Waals surface area contributed by atoms with Gasteiger partial charge >= 0.3 is 6.18 Å². The third-order valence-corrected chi connectivity index (χ3v) is 4.84. The molecule has 140 valence electrons. The van der Waals surface area contributed by atoms with Gasteiger partial charge in [-0.1, -0.05) is 6.07 Å². The van der Waals surface area contributed by atoms with Gasteiger partial charge < -0.3 is 5.32 Å². The maximum absolute atomic E-state index is 14.0. The lowest BCUT2D eigenvalue weighted by Gasteiger charge is -2.31. The molecule has 0 aromatic heterocycles. The molecule has 1 fully saturated rings. The van der Waals surface area contributed by atoms with Gasteiger partial charge in [-0.3, -0.25) is 0 Å². The lowest BCUT2D eigenvalue weighted by atomic mass is 10.0. The minimum Gasteiger partial charge on any atom is -0.361 e. The van der Waals surface area contributed by atoms with Gasteiger partial charge in [0.1, 0.15) is 17.7 Å². The molecule has 0 atom stereocenters. The van der Waals surface area contributed by atoms with Crippen molar-refractivity contribution in [3.05, 3.63) is 58.4 Å². The number of rotatable bonds is 3. The maximum Gasteiger partial charge on any atom is 0.419 e. The van der Waals surface area contributed by atoms with Gasteiger partial charge in [-0.05, 0) is 37.5 Å². The van der Waals surface area contributed by atoms with Crippen molar-refractivity contribution >= 4 is 5.71 Å². The summed E-state index contributed by atoms with van der Waals surface area (Å²) in [6, 6.07) is 5.14. The summed E-state index contributed by atoms with van der Waals surface area (Å²) < 4.78 is 52.4. The highest BCUT2D eigenvalue weighted by atomic mass is 19.4. The number of hydrazine groups is 1. The first kappa shape index (κ1) is 17.5. The highest BCUT2D eigenvalue weighted by Crippen LogP contribution is 2.48. The number of nitrogens with zero attached hydrogens (tertiary/aromatic N) is 3. The highest BCUT2D eigenvalue weighted by molar-refractivity contribution is 5.95. The number of aliphatic imine (C=N–C) groups is 1. The van der Waals surface area contributed by atoms with Gasteiger partial charge in [0.05, 0.1) is 23.2 Å². The van der Waals surface area contributed by atoms with E-state index >= 15 is 0 Å². The molecule has 9 heteroatoms. The van der Waals surface area contributed by atoms with Crippen molar-refractivity contribution in [1.82, 2.24) is 15.8 Å². The molecular weight excluding hydrogens is 362 g/mol. The van der Waals surface area contributed by atoms with Crippen molar-refractivity contribution in [3.8, 4) is 6.07 Å². The van der Waals surface area contributed by atoms with Crippen LogP contribution in [0.3, 0.4) is 0 Å². The van der Waals surface area contributed by atoms with Gasteiger partial charge in [-0.2, -0.15) is 18.4 Å². The average molecular weight is 377 g/mol. The molecule has 2 aliphatic heterocycles. The first-order valence-electron chi connectivity index (χ1n) is 8.33. The van der Waals surface area contributed by atoms with Gasteiger partial charge in [0.25, 0.3) is 0 Å². The topological polar surface area (TPSA) is 63.5 Å². The second-order valence-corrected chi connectivity index (χ2v) is 6.77. The molecule has 2 heterocycles. The largest absolute Gasteiger partial charge is 0.419 e. The fourth-order valence-corrected chi connectivity index (χ4v) is 3.31. The number of halogens is 4. The van der Waals surface area contributed by atoms with Gasteiger partial charge in [-0.15, -0.1) is 0 Å². The summed E-state index contributed by atoms with van der Waals surface area (Å²) in [6.07, 6.45) is -1.64. The van der Waals surface area contributed by atoms with E-state index < -0.39 is 23.1 Å². The van der Waals surface area contributed by atoms with Crippen LogP contribution in [0, 0.1) is 17.1 Å². The summed E-state index contributed by atoms with van der Waals surface area (Å²) >= 11 is 0. The van der Waals surface area contributed by atoms with Crippen LogP contribution in [-0.4, -0.2) is 17.3 Å². The zero-order valence-electron chi connectivity index (χ0n) is 14.3. The summed E-state index contributed by atoms with van der Waals surface area (Å²) in [6.45, 7) is 2.13. The highest BCUT2D eigenvalue weighted by Gasteiger charge is 2.47. The van der Waals surface area contributed by atoms with Crippen LogP contribution in [-0.2, 0) is 11.7 Å². The average Bonchev–Trinajstić information content (AvgIpc) is 3.25. The Hall–Kier alpha value is -2.86. The minimum atomic E-state index is -4.72. The predicted octanol–water partition coefficient (Wildman–Crippen LogP) is 3.29. The van der Waals surface area contributed by atoms with Crippen LogP contribution >= 0.6 is 0 Å². The Labute approximate surface area is 152 Å². The summed E-state index contributed by atoms with van der Waals surface area (Å²) in [5.74, 6) is -0.162. The van der Waals surface area contributed by atoms with E-state index in [0.717, 1.165) is 12.1 Å². The lowest BCUT2D eigenvalue weighted by Crippen LogP contribution is -2.43. The molecule has 0 spiro atoms. The number of allylic oxidation sites excluding steroid dienone is 1. The zero-order valence-corrected chi connectivity index (χ0v) is 14.3. The van der Waals surface area contributed by atoms with Crippen LogP contribution in [0.25, 0.3) is 0 Å². The number of benzene rings is 1. The number of hydrogen-bond donors (Lipinski definition) is 2. The molecule has 1 aromatic carbocycles. The Morgan fingerprint density at radius 3 is 2.67 bits per heavy atom. The standard InChI is InChI=1S/C18H15F4N5/c1-10-6-15(27-16(25-10)11(8-23)9-24-27)26-17(4-5-17)12-2-3-13(14(19)7-12)18(20,21)22/h2-3,6-7,24,26H,4-5,9H2,1H3. The summed E-state index contributed by atoms with van der Waals surface area (Å²) in [4.78, 5) is 4.36. The van der Waals surface area contributed by atoms with Crippen LogP contribution in [0.4, 0.5) is 17.6 Å². The first-order chi connectivity index (χ1) is 12.7. The molecule has 0 amide bonds. The smallest absolute Gasteiger partial charge is 0.361 e. The second kappa shape index (κ2) is 5.82. The lowest BCUT2D eigenvalue weighted by molar-refractivity contribution is -0.140. The van der Waals surface area contributed by atoms with E-state index in [2.05, 4.69) is 21.8 Å². The number of hydrogen-bond acceptors (Lipinski definition) is 5. The van der Waals surface area contributed by atoms with Crippen LogP contribution in [0.1, 0.15) is 30.9 Å². The molecule has 4 rings (SSSR count). The normalized spacial score (nSPS) is 20.7. The van der Waals surface area contributed by atoms with E-state index in [9.17, 15) is 22.8 Å². The number of alkyl halides is 3. The number of fused-ring (bicyclic) bond motifs is 1. The van der Waals surface area contributed by atoms with Crippen LogP contribution in [0.2, 0.25) is 0 Å². The quantitative estimate of drug-likeness (QED) is 0.794. The van der Waals surface area contributed by atoms with Crippen molar-refractivity contribution < 1.29 is 17.6 Å². The van der Waals surface area contributed by atoms with Crippen molar-refractivity contribution in [2.24, 2.45) is 4.99 Å². The monoisotopic (exact) mass is 377 g/mol. The van der Waals surface area contributed by atoms with Gasteiger partial charge in [-0.25, -0.2) is 19.8 Å². The second-order valence-electron chi connectivity index (χ2n) is 6.77. The predicted molar refractivity (Wildman–Crippen MR) is 89.1 cm³/mol. The molecule has 27 heavy (non-hydrogen) atoms. The third kappa shape index (κ3) is 2.96. The maximum atomic E-state index is 14.0.